The Morgan fingerprint density at radius 2 is 2.00 bits per heavy atom. The first-order valence-corrected chi connectivity index (χ1v) is 9.83. The second-order valence-corrected chi connectivity index (χ2v) is 8.16. The standard InChI is InChI=1S/C15H19N3O3S2/c1-10(11-3-5-12(6-4-11)23(2,20)21)17-15(19)13-9-22-14(18-13)7-8-16/h3-6,9-10H,7-8,16H2,1-2H3,(H,17,19). The summed E-state index contributed by atoms with van der Waals surface area (Å²) in [7, 11) is -3.22. The Kier molecular flexibility index (Phi) is 5.51. The first-order valence-electron chi connectivity index (χ1n) is 7.06. The van der Waals surface area contributed by atoms with Gasteiger partial charge >= 0.3 is 0 Å². The summed E-state index contributed by atoms with van der Waals surface area (Å²) in [5.41, 5.74) is 6.66. The van der Waals surface area contributed by atoms with Gasteiger partial charge in [0, 0.05) is 18.1 Å². The molecule has 124 valence electrons. The Labute approximate surface area is 139 Å². The second kappa shape index (κ2) is 7.20. The fraction of sp³-hybridized carbons (Fsp3) is 0.333. The van der Waals surface area contributed by atoms with Crippen molar-refractivity contribution < 1.29 is 13.2 Å². The number of carbonyl (C=O) groups excluding carboxylic acids is 1. The summed E-state index contributed by atoms with van der Waals surface area (Å²) in [5.74, 6) is -0.260. The Balaban J connectivity index is 2.05. The second-order valence-electron chi connectivity index (χ2n) is 5.20. The zero-order valence-electron chi connectivity index (χ0n) is 12.9. The lowest BCUT2D eigenvalue weighted by atomic mass is 10.1. The van der Waals surface area contributed by atoms with Gasteiger partial charge in [-0.25, -0.2) is 13.4 Å². The zero-order valence-corrected chi connectivity index (χ0v) is 14.6. The molecule has 0 aliphatic heterocycles. The van der Waals surface area contributed by atoms with Crippen molar-refractivity contribution in [2.75, 3.05) is 12.8 Å². The summed E-state index contributed by atoms with van der Waals surface area (Å²) in [6, 6.07) is 6.21. The normalized spacial score (nSPS) is 12.8. The predicted molar refractivity (Wildman–Crippen MR) is 90.3 cm³/mol. The maximum absolute atomic E-state index is 12.2. The fourth-order valence-electron chi connectivity index (χ4n) is 2.01. The minimum Gasteiger partial charge on any atom is -0.344 e. The van der Waals surface area contributed by atoms with Gasteiger partial charge in [0.05, 0.1) is 15.9 Å². The molecule has 0 bridgehead atoms. The number of nitrogens with zero attached hydrogens (tertiary/aromatic N) is 1. The predicted octanol–water partition coefficient (Wildman–Crippen LogP) is 1.54. The first-order chi connectivity index (χ1) is 10.8. The Bertz CT molecular complexity index is 783. The van der Waals surface area contributed by atoms with Gasteiger partial charge in [0.25, 0.3) is 5.91 Å². The highest BCUT2D eigenvalue weighted by atomic mass is 32.2. The van der Waals surface area contributed by atoms with E-state index in [4.69, 9.17) is 5.73 Å². The Hall–Kier alpha value is -1.77. The van der Waals surface area contributed by atoms with Crippen molar-refractivity contribution >= 4 is 27.1 Å². The quantitative estimate of drug-likeness (QED) is 0.820. The molecule has 0 radical (unpaired) electrons. The maximum Gasteiger partial charge on any atom is 0.271 e. The summed E-state index contributed by atoms with van der Waals surface area (Å²) in [6.45, 7) is 2.33. The van der Waals surface area contributed by atoms with Gasteiger partial charge in [-0.1, -0.05) is 12.1 Å². The highest BCUT2D eigenvalue weighted by molar-refractivity contribution is 7.90. The maximum atomic E-state index is 12.2. The van der Waals surface area contributed by atoms with E-state index in [1.54, 1.807) is 17.5 Å². The molecule has 0 aliphatic rings. The average molecular weight is 353 g/mol. The number of thiazole rings is 1. The van der Waals surface area contributed by atoms with Gasteiger partial charge in [-0.3, -0.25) is 4.79 Å². The smallest absolute Gasteiger partial charge is 0.271 e. The molecular weight excluding hydrogens is 334 g/mol. The van der Waals surface area contributed by atoms with Crippen molar-refractivity contribution in [2.24, 2.45) is 5.73 Å². The third kappa shape index (κ3) is 4.60. The number of nitrogens with one attached hydrogen (secondary N) is 1. The lowest BCUT2D eigenvalue weighted by Gasteiger charge is -2.13. The number of aromatic nitrogens is 1. The molecule has 3 N–H and O–H groups in total. The molecule has 1 atom stereocenters. The molecule has 1 aromatic heterocycles. The third-order valence-corrected chi connectivity index (χ3v) is 5.34. The van der Waals surface area contributed by atoms with Crippen LogP contribution in [0.1, 0.15) is 34.0 Å². The average Bonchev–Trinajstić information content (AvgIpc) is 2.95. The van der Waals surface area contributed by atoms with Crippen LogP contribution in [0.25, 0.3) is 0 Å². The van der Waals surface area contributed by atoms with E-state index in [9.17, 15) is 13.2 Å². The lowest BCUT2D eigenvalue weighted by Crippen LogP contribution is -2.27. The van der Waals surface area contributed by atoms with Crippen molar-refractivity contribution in [1.82, 2.24) is 10.3 Å². The van der Waals surface area contributed by atoms with E-state index in [-0.39, 0.29) is 16.8 Å². The molecule has 0 aliphatic carbocycles. The molecule has 0 saturated heterocycles. The molecule has 2 rings (SSSR count). The summed E-state index contributed by atoms with van der Waals surface area (Å²) < 4.78 is 22.9. The fourth-order valence-corrected chi connectivity index (χ4v) is 3.44. The van der Waals surface area contributed by atoms with Crippen LogP contribution in [0.4, 0.5) is 0 Å². The zero-order chi connectivity index (χ0) is 17.0. The summed E-state index contributed by atoms with van der Waals surface area (Å²) in [5, 5.41) is 5.39. The molecule has 2 aromatic rings. The molecule has 0 saturated carbocycles. The summed E-state index contributed by atoms with van der Waals surface area (Å²) in [6.07, 6.45) is 1.81. The van der Waals surface area contributed by atoms with E-state index < -0.39 is 9.84 Å². The molecule has 8 heteroatoms. The van der Waals surface area contributed by atoms with Crippen LogP contribution in [-0.2, 0) is 16.3 Å². The first kappa shape index (κ1) is 17.6. The third-order valence-electron chi connectivity index (χ3n) is 3.30. The van der Waals surface area contributed by atoms with Gasteiger partial charge in [-0.2, -0.15) is 0 Å². The van der Waals surface area contributed by atoms with Gasteiger partial charge in [-0.15, -0.1) is 11.3 Å². The van der Waals surface area contributed by atoms with E-state index in [0.717, 1.165) is 16.8 Å². The van der Waals surface area contributed by atoms with Crippen molar-refractivity contribution in [3.05, 3.63) is 45.9 Å². The number of hydrogen-bond acceptors (Lipinski definition) is 6. The minimum atomic E-state index is -3.22. The summed E-state index contributed by atoms with van der Waals surface area (Å²) >= 11 is 1.41. The minimum absolute atomic E-state index is 0.254. The van der Waals surface area contributed by atoms with Crippen molar-refractivity contribution in [3.63, 3.8) is 0 Å². The number of hydrogen-bond donors (Lipinski definition) is 2. The van der Waals surface area contributed by atoms with E-state index >= 15 is 0 Å². The van der Waals surface area contributed by atoms with Gasteiger partial charge < -0.3 is 11.1 Å². The van der Waals surface area contributed by atoms with Crippen molar-refractivity contribution in [3.8, 4) is 0 Å². The molecule has 6 nitrogen and oxygen atoms in total. The van der Waals surface area contributed by atoms with E-state index in [1.807, 2.05) is 6.92 Å². The number of carbonyl (C=O) groups is 1. The number of sulfone groups is 1. The molecule has 23 heavy (non-hydrogen) atoms. The Morgan fingerprint density at radius 3 is 2.57 bits per heavy atom. The van der Waals surface area contributed by atoms with Crippen molar-refractivity contribution in [1.29, 1.82) is 0 Å². The van der Waals surface area contributed by atoms with Crippen LogP contribution < -0.4 is 11.1 Å². The molecule has 0 spiro atoms. The topological polar surface area (TPSA) is 102 Å². The van der Waals surface area contributed by atoms with Crippen LogP contribution in [-0.4, -0.2) is 32.1 Å². The van der Waals surface area contributed by atoms with Crippen LogP contribution in [0.3, 0.4) is 0 Å². The van der Waals surface area contributed by atoms with E-state index in [2.05, 4.69) is 10.3 Å². The van der Waals surface area contributed by atoms with Gasteiger partial charge in [0.15, 0.2) is 9.84 Å². The van der Waals surface area contributed by atoms with Crippen LogP contribution in [0.15, 0.2) is 34.5 Å². The van der Waals surface area contributed by atoms with E-state index in [1.165, 1.54) is 23.5 Å². The van der Waals surface area contributed by atoms with Gasteiger partial charge in [0.2, 0.25) is 0 Å². The molecule has 1 heterocycles. The highest BCUT2D eigenvalue weighted by Crippen LogP contribution is 2.17. The Morgan fingerprint density at radius 1 is 1.35 bits per heavy atom. The SMILES string of the molecule is CC(NC(=O)c1csc(CCN)n1)c1ccc(S(C)(=O)=O)cc1. The van der Waals surface area contributed by atoms with Gasteiger partial charge in [0.1, 0.15) is 5.69 Å². The van der Waals surface area contributed by atoms with Gasteiger partial charge in [-0.05, 0) is 31.2 Å². The van der Waals surface area contributed by atoms with E-state index in [0.29, 0.717) is 18.7 Å². The van der Waals surface area contributed by atoms with Crippen LogP contribution in [0.2, 0.25) is 0 Å². The molecule has 1 aromatic carbocycles. The largest absolute Gasteiger partial charge is 0.344 e. The number of nitrogens with two attached hydrogens (primary N) is 1. The number of rotatable bonds is 6. The molecule has 0 fully saturated rings. The molecule has 1 amide bonds. The molecule has 1 unspecified atom stereocenters. The monoisotopic (exact) mass is 353 g/mol. The lowest BCUT2D eigenvalue weighted by molar-refractivity contribution is 0.0935. The summed E-state index contributed by atoms with van der Waals surface area (Å²) in [4.78, 5) is 16.7. The number of benzene rings is 1. The number of amides is 1. The van der Waals surface area contributed by atoms with Crippen molar-refractivity contribution in [2.45, 2.75) is 24.3 Å². The van der Waals surface area contributed by atoms with Crippen LogP contribution in [0, 0.1) is 0 Å². The van der Waals surface area contributed by atoms with Crippen LogP contribution in [0.5, 0.6) is 0 Å². The highest BCUT2D eigenvalue weighted by Gasteiger charge is 2.15. The van der Waals surface area contributed by atoms with Crippen LogP contribution >= 0.6 is 11.3 Å². The molecular formula is C15H19N3O3S2.